The number of rotatable bonds is 6. The van der Waals surface area contributed by atoms with Gasteiger partial charge in [-0.25, -0.2) is 4.98 Å². The molecule has 0 amide bonds. The molecule has 2 aromatic carbocycles. The Bertz CT molecular complexity index is 1660. The van der Waals surface area contributed by atoms with Gasteiger partial charge in [0.15, 0.2) is 12.3 Å². The number of aromatic nitrogens is 6. The number of alkyl halides is 5. The van der Waals surface area contributed by atoms with Gasteiger partial charge in [-0.3, -0.25) is 9.48 Å². The van der Waals surface area contributed by atoms with Crippen molar-refractivity contribution in [3.05, 3.63) is 59.0 Å². The zero-order valence-corrected chi connectivity index (χ0v) is 18.8. The fourth-order valence-electron chi connectivity index (χ4n) is 3.66. The Balaban J connectivity index is 1.66. The summed E-state index contributed by atoms with van der Waals surface area (Å²) in [6.45, 7) is -4.71. The molecule has 0 atom stereocenters. The van der Waals surface area contributed by atoms with E-state index in [1.807, 2.05) is 0 Å². The number of hydrogen-bond acceptors (Lipinski definition) is 7. The molecule has 0 aliphatic heterocycles. The maximum Gasteiger partial charge on any atom is 0.422 e. The maximum atomic E-state index is 12.9. The van der Waals surface area contributed by atoms with Gasteiger partial charge >= 0.3 is 18.8 Å². The minimum Gasteiger partial charge on any atom is -0.454 e. The van der Waals surface area contributed by atoms with E-state index in [4.69, 9.17) is 4.74 Å². The first-order chi connectivity index (χ1) is 17.6. The van der Waals surface area contributed by atoms with Gasteiger partial charge in [-0.2, -0.15) is 37.0 Å². The van der Waals surface area contributed by atoms with Crippen molar-refractivity contribution in [3.63, 3.8) is 0 Å². The van der Waals surface area contributed by atoms with E-state index in [0.29, 0.717) is 11.1 Å². The number of H-pyrrole nitrogens is 1. The van der Waals surface area contributed by atoms with Crippen LogP contribution in [0.15, 0.2) is 53.5 Å². The Morgan fingerprint density at radius 2 is 1.73 bits per heavy atom. The van der Waals surface area contributed by atoms with Crippen LogP contribution in [0.5, 0.6) is 11.8 Å². The van der Waals surface area contributed by atoms with Crippen LogP contribution >= 0.6 is 0 Å². The molecule has 3 heterocycles. The summed E-state index contributed by atoms with van der Waals surface area (Å²) in [6.07, 6.45) is -2.90. The molecule has 0 bridgehead atoms. The Hall–Kier alpha value is -4.62. The SMILES string of the molecule is Cn1cc2cc(-c3nc4c(-c5ccc(OC(F)F)cc5)nc(OCC(F)(F)F)nc4[nH]c3=O)ccc2n1. The number of nitrogens with one attached hydrogen (secondary N) is 1. The second-order valence-electron chi connectivity index (χ2n) is 7.85. The molecule has 3 aromatic heterocycles. The number of halogens is 5. The standard InChI is InChI=1S/C23H15F5N6O3/c1-34-9-13-8-12(4-7-15(13)33-34)17-20(35)31-19-18(29-17)16(30-22(32-19)36-10-23(26,27)28)11-2-5-14(6-3-11)37-21(24)25/h2-9,21H,10H2,1H3,(H,30,31,32,35). The summed E-state index contributed by atoms with van der Waals surface area (Å²) in [5.74, 6) is -0.141. The highest BCUT2D eigenvalue weighted by Crippen LogP contribution is 2.30. The second kappa shape index (κ2) is 9.11. The van der Waals surface area contributed by atoms with E-state index in [1.54, 1.807) is 36.1 Å². The molecular formula is C23H15F5N6O3. The highest BCUT2D eigenvalue weighted by Gasteiger charge is 2.29. The van der Waals surface area contributed by atoms with E-state index in [-0.39, 0.29) is 33.9 Å². The number of fused-ring (bicyclic) bond motifs is 2. The molecular weight excluding hydrogens is 503 g/mol. The van der Waals surface area contributed by atoms with E-state index in [9.17, 15) is 26.7 Å². The molecule has 0 spiro atoms. The third-order valence-electron chi connectivity index (χ3n) is 5.14. The van der Waals surface area contributed by atoms with Crippen molar-refractivity contribution < 1.29 is 31.4 Å². The summed E-state index contributed by atoms with van der Waals surface area (Å²) in [4.78, 5) is 27.8. The molecule has 1 N–H and O–H groups in total. The average Bonchev–Trinajstić information content (AvgIpc) is 3.20. The van der Waals surface area contributed by atoms with E-state index in [0.717, 1.165) is 5.39 Å². The monoisotopic (exact) mass is 518 g/mol. The first kappa shape index (κ1) is 24.1. The molecule has 0 unspecified atom stereocenters. The number of hydrogen-bond donors (Lipinski definition) is 1. The van der Waals surface area contributed by atoms with Crippen molar-refractivity contribution in [2.24, 2.45) is 7.05 Å². The Kier molecular flexibility index (Phi) is 5.93. The largest absolute Gasteiger partial charge is 0.454 e. The third-order valence-corrected chi connectivity index (χ3v) is 5.14. The van der Waals surface area contributed by atoms with Gasteiger partial charge in [0.1, 0.15) is 22.7 Å². The van der Waals surface area contributed by atoms with Gasteiger partial charge in [0.2, 0.25) is 0 Å². The van der Waals surface area contributed by atoms with Crippen molar-refractivity contribution in [3.8, 4) is 34.3 Å². The summed E-state index contributed by atoms with van der Waals surface area (Å²) >= 11 is 0. The molecule has 9 nitrogen and oxygen atoms in total. The van der Waals surface area contributed by atoms with Crippen LogP contribution in [0.1, 0.15) is 0 Å². The van der Waals surface area contributed by atoms with Crippen molar-refractivity contribution in [2.45, 2.75) is 12.8 Å². The Morgan fingerprint density at radius 1 is 1.00 bits per heavy atom. The van der Waals surface area contributed by atoms with E-state index in [1.165, 1.54) is 24.3 Å². The predicted octanol–water partition coefficient (Wildman–Crippen LogP) is 4.48. The second-order valence-corrected chi connectivity index (χ2v) is 7.85. The minimum atomic E-state index is -4.66. The van der Waals surface area contributed by atoms with Crippen molar-refractivity contribution in [1.29, 1.82) is 0 Å². The van der Waals surface area contributed by atoms with E-state index in [2.05, 4.69) is 29.8 Å². The zero-order chi connectivity index (χ0) is 26.3. The van der Waals surface area contributed by atoms with Crippen LogP contribution in [0.25, 0.3) is 44.6 Å². The van der Waals surface area contributed by atoms with Crippen molar-refractivity contribution >= 4 is 22.1 Å². The van der Waals surface area contributed by atoms with Gasteiger partial charge in [-0.15, -0.1) is 0 Å². The highest BCUT2D eigenvalue weighted by molar-refractivity contribution is 5.89. The smallest absolute Gasteiger partial charge is 0.422 e. The fourth-order valence-corrected chi connectivity index (χ4v) is 3.66. The maximum absolute atomic E-state index is 12.9. The van der Waals surface area contributed by atoms with Crippen LogP contribution in [-0.2, 0) is 7.05 Å². The lowest BCUT2D eigenvalue weighted by Gasteiger charge is -2.12. The lowest BCUT2D eigenvalue weighted by Crippen LogP contribution is -2.21. The summed E-state index contributed by atoms with van der Waals surface area (Å²) in [7, 11) is 1.75. The number of aromatic amines is 1. The molecule has 0 aliphatic carbocycles. The number of aryl methyl sites for hydroxylation is 1. The number of nitrogens with zero attached hydrogens (tertiary/aromatic N) is 5. The summed E-state index contributed by atoms with van der Waals surface area (Å²) in [6, 6.07) is 9.60. The molecule has 0 saturated carbocycles. The van der Waals surface area contributed by atoms with Crippen LogP contribution in [0.2, 0.25) is 0 Å². The quantitative estimate of drug-likeness (QED) is 0.331. The predicted molar refractivity (Wildman–Crippen MR) is 121 cm³/mol. The Morgan fingerprint density at radius 3 is 2.43 bits per heavy atom. The summed E-state index contributed by atoms with van der Waals surface area (Å²) < 4.78 is 73.8. The lowest BCUT2D eigenvalue weighted by molar-refractivity contribution is -0.154. The van der Waals surface area contributed by atoms with Crippen LogP contribution in [-0.4, -0.2) is 49.1 Å². The van der Waals surface area contributed by atoms with Crippen LogP contribution in [0, 0.1) is 0 Å². The molecule has 0 aliphatic rings. The van der Waals surface area contributed by atoms with Crippen molar-refractivity contribution in [1.82, 2.24) is 29.7 Å². The molecule has 5 rings (SSSR count). The Labute approximate surface area is 203 Å². The fraction of sp³-hybridized carbons (Fsp3) is 0.174. The van der Waals surface area contributed by atoms with Gasteiger partial charge in [-0.1, -0.05) is 6.07 Å². The van der Waals surface area contributed by atoms with Gasteiger partial charge in [-0.05, 0) is 36.4 Å². The minimum absolute atomic E-state index is 0.00437. The summed E-state index contributed by atoms with van der Waals surface area (Å²) in [5.41, 5.74) is 0.657. The molecule has 37 heavy (non-hydrogen) atoms. The molecule has 14 heteroatoms. The molecule has 0 fully saturated rings. The average molecular weight is 518 g/mol. The van der Waals surface area contributed by atoms with Crippen LogP contribution in [0.3, 0.4) is 0 Å². The molecule has 0 saturated heterocycles. The molecule has 0 radical (unpaired) electrons. The van der Waals surface area contributed by atoms with Crippen molar-refractivity contribution in [2.75, 3.05) is 6.61 Å². The molecule has 5 aromatic rings. The normalized spacial score (nSPS) is 12.0. The van der Waals surface area contributed by atoms with E-state index < -0.39 is 31.0 Å². The van der Waals surface area contributed by atoms with Crippen LogP contribution < -0.4 is 15.0 Å². The van der Waals surface area contributed by atoms with Gasteiger partial charge < -0.3 is 14.5 Å². The summed E-state index contributed by atoms with van der Waals surface area (Å²) in [5, 5.41) is 5.04. The zero-order valence-electron chi connectivity index (χ0n) is 18.8. The van der Waals surface area contributed by atoms with Gasteiger partial charge in [0.25, 0.3) is 5.56 Å². The van der Waals surface area contributed by atoms with Gasteiger partial charge in [0, 0.05) is 29.8 Å². The van der Waals surface area contributed by atoms with Crippen LogP contribution in [0.4, 0.5) is 22.0 Å². The number of ether oxygens (including phenoxy) is 2. The van der Waals surface area contributed by atoms with Gasteiger partial charge in [0.05, 0.1) is 5.52 Å². The third kappa shape index (κ3) is 5.17. The highest BCUT2D eigenvalue weighted by atomic mass is 19.4. The molecule has 190 valence electrons. The topological polar surface area (TPSA) is 108 Å². The van der Waals surface area contributed by atoms with E-state index >= 15 is 0 Å². The first-order valence-electron chi connectivity index (χ1n) is 10.6. The first-order valence-corrected chi connectivity index (χ1v) is 10.6. The lowest BCUT2D eigenvalue weighted by atomic mass is 10.1. The number of benzene rings is 2.